The van der Waals surface area contributed by atoms with Crippen molar-refractivity contribution in [3.63, 3.8) is 0 Å². The Kier molecular flexibility index (Phi) is 6.69. The van der Waals surface area contributed by atoms with Crippen LogP contribution in [0.5, 0.6) is 0 Å². The summed E-state index contributed by atoms with van der Waals surface area (Å²) in [5.74, 6) is -0.198. The lowest BCUT2D eigenvalue weighted by Crippen LogP contribution is -2.49. The number of hydrogen-bond acceptors (Lipinski definition) is 7. The first kappa shape index (κ1) is 24.5. The van der Waals surface area contributed by atoms with Crippen LogP contribution in [0.2, 0.25) is 5.02 Å². The van der Waals surface area contributed by atoms with Gasteiger partial charge >= 0.3 is 0 Å². The maximum Gasteiger partial charge on any atom is 0.286 e. The number of hydrogen-bond donors (Lipinski definition) is 0. The van der Waals surface area contributed by atoms with E-state index in [4.69, 9.17) is 16.7 Å². The molecule has 2 saturated heterocycles. The summed E-state index contributed by atoms with van der Waals surface area (Å²) in [4.78, 5) is 29.0. The molecule has 6 rings (SSSR count). The van der Waals surface area contributed by atoms with Crippen molar-refractivity contribution in [1.82, 2.24) is 24.4 Å². The van der Waals surface area contributed by atoms with Crippen molar-refractivity contribution >= 4 is 51.8 Å². The highest BCUT2D eigenvalue weighted by molar-refractivity contribution is 8.18. The fourth-order valence-corrected chi connectivity index (χ4v) is 6.39. The van der Waals surface area contributed by atoms with Crippen molar-refractivity contribution < 1.29 is 4.79 Å². The molecule has 5 heterocycles. The summed E-state index contributed by atoms with van der Waals surface area (Å²) in [6.45, 7) is 10.4. The van der Waals surface area contributed by atoms with Crippen LogP contribution in [0, 0.1) is 0 Å². The van der Waals surface area contributed by atoms with E-state index >= 15 is 0 Å². The summed E-state index contributed by atoms with van der Waals surface area (Å²) in [6, 6.07) is 10.5. The van der Waals surface area contributed by atoms with Crippen LogP contribution in [-0.4, -0.2) is 80.8 Å². The number of piperazine rings is 1. The van der Waals surface area contributed by atoms with Gasteiger partial charge in [0.1, 0.15) is 0 Å². The summed E-state index contributed by atoms with van der Waals surface area (Å²) >= 11 is 8.22. The number of fused-ring (bicyclic) bond motifs is 1. The fraction of sp³-hybridized carbons (Fsp3) is 0.407. The van der Waals surface area contributed by atoms with Crippen LogP contribution in [0.25, 0.3) is 23.0 Å². The number of imidazole rings is 1. The van der Waals surface area contributed by atoms with Crippen molar-refractivity contribution in [3.05, 3.63) is 52.2 Å². The third-order valence-corrected chi connectivity index (χ3v) is 8.62. The zero-order valence-corrected chi connectivity index (χ0v) is 22.7. The van der Waals surface area contributed by atoms with E-state index in [2.05, 4.69) is 50.7 Å². The summed E-state index contributed by atoms with van der Waals surface area (Å²) in [6.07, 6.45) is 5.92. The lowest BCUT2D eigenvalue weighted by molar-refractivity contribution is -0.113. The number of aliphatic imine (C=N–C) groups is 1. The van der Waals surface area contributed by atoms with Gasteiger partial charge in [0.25, 0.3) is 5.91 Å². The zero-order valence-electron chi connectivity index (χ0n) is 21.1. The number of halogens is 1. The Bertz CT molecular complexity index is 1400. The van der Waals surface area contributed by atoms with E-state index in [1.54, 1.807) is 0 Å². The minimum atomic E-state index is -0.198. The SMILES string of the molecule is CC(C)N1CCN(c2ccc(-c3cnc4ccc(/C=C5\SC(N6CCCC6)=NC5=O)nn34)cc2Cl)CC1. The summed E-state index contributed by atoms with van der Waals surface area (Å²) in [5, 5.41) is 6.32. The first-order valence-electron chi connectivity index (χ1n) is 12.9. The van der Waals surface area contributed by atoms with Crippen LogP contribution in [0.1, 0.15) is 32.4 Å². The van der Waals surface area contributed by atoms with Gasteiger partial charge in [0.05, 0.1) is 33.2 Å². The lowest BCUT2D eigenvalue weighted by atomic mass is 10.1. The second-order valence-corrected chi connectivity index (χ2v) is 11.4. The van der Waals surface area contributed by atoms with Crippen LogP contribution >= 0.6 is 23.4 Å². The molecule has 192 valence electrons. The molecule has 0 unspecified atom stereocenters. The Morgan fingerprint density at radius 1 is 1.00 bits per heavy atom. The Morgan fingerprint density at radius 3 is 2.51 bits per heavy atom. The lowest BCUT2D eigenvalue weighted by Gasteiger charge is -2.38. The molecule has 0 N–H and O–H groups in total. The van der Waals surface area contributed by atoms with Gasteiger partial charge in [0, 0.05) is 50.9 Å². The van der Waals surface area contributed by atoms with Crippen molar-refractivity contribution in [2.24, 2.45) is 4.99 Å². The normalized spacial score (nSPS) is 20.2. The molecule has 0 atom stereocenters. The van der Waals surface area contributed by atoms with Crippen molar-refractivity contribution in [3.8, 4) is 11.3 Å². The van der Waals surface area contributed by atoms with Crippen molar-refractivity contribution in [1.29, 1.82) is 0 Å². The van der Waals surface area contributed by atoms with Gasteiger partial charge in [0.15, 0.2) is 10.8 Å². The summed E-state index contributed by atoms with van der Waals surface area (Å²) in [7, 11) is 0. The van der Waals surface area contributed by atoms with Crippen molar-refractivity contribution in [2.45, 2.75) is 32.7 Å². The second kappa shape index (κ2) is 10.1. The number of anilines is 1. The predicted molar refractivity (Wildman–Crippen MR) is 151 cm³/mol. The van der Waals surface area contributed by atoms with Gasteiger partial charge in [-0.15, -0.1) is 0 Å². The molecule has 8 nitrogen and oxygen atoms in total. The molecule has 10 heteroatoms. The molecule has 0 spiro atoms. The number of likely N-dealkylation sites (tertiary alicyclic amines) is 1. The molecule has 3 aliphatic rings. The number of aromatic nitrogens is 3. The third kappa shape index (κ3) is 4.87. The van der Waals surface area contributed by atoms with Gasteiger partial charge in [-0.25, -0.2) is 9.50 Å². The smallest absolute Gasteiger partial charge is 0.286 e. The van der Waals surface area contributed by atoms with Gasteiger partial charge in [-0.05, 0) is 68.8 Å². The number of amides is 1. The topological polar surface area (TPSA) is 69.3 Å². The molecule has 0 saturated carbocycles. The van der Waals surface area contributed by atoms with Gasteiger partial charge in [-0.2, -0.15) is 10.1 Å². The van der Waals surface area contributed by atoms with E-state index in [9.17, 15) is 4.79 Å². The fourth-order valence-electron chi connectivity index (χ4n) is 5.14. The number of benzene rings is 1. The Morgan fingerprint density at radius 2 is 1.78 bits per heavy atom. The van der Waals surface area contributed by atoms with Crippen LogP contribution in [-0.2, 0) is 4.79 Å². The third-order valence-electron chi connectivity index (χ3n) is 7.28. The average Bonchev–Trinajstić information content (AvgIpc) is 3.65. The number of carbonyl (C=O) groups is 1. The number of nitrogens with zero attached hydrogens (tertiary/aromatic N) is 7. The Labute approximate surface area is 226 Å². The average molecular weight is 536 g/mol. The number of thioether (sulfide) groups is 1. The van der Waals surface area contributed by atoms with E-state index in [0.717, 1.165) is 84.9 Å². The van der Waals surface area contributed by atoms with E-state index in [1.807, 2.05) is 35.0 Å². The molecule has 0 bridgehead atoms. The van der Waals surface area contributed by atoms with E-state index in [0.29, 0.717) is 16.6 Å². The second-order valence-electron chi connectivity index (χ2n) is 9.96. The zero-order chi connectivity index (χ0) is 25.5. The highest BCUT2D eigenvalue weighted by Gasteiger charge is 2.28. The van der Waals surface area contributed by atoms with E-state index < -0.39 is 0 Å². The number of rotatable bonds is 4. The number of carbonyl (C=O) groups excluding carboxylic acids is 1. The molecule has 2 fully saturated rings. The highest BCUT2D eigenvalue weighted by atomic mass is 35.5. The highest BCUT2D eigenvalue weighted by Crippen LogP contribution is 2.33. The van der Waals surface area contributed by atoms with Crippen LogP contribution < -0.4 is 4.90 Å². The first-order valence-corrected chi connectivity index (χ1v) is 14.1. The molecule has 3 aromatic rings. The molecule has 1 aromatic carbocycles. The van der Waals surface area contributed by atoms with Crippen molar-refractivity contribution in [2.75, 3.05) is 44.2 Å². The van der Waals surface area contributed by atoms with Crippen LogP contribution in [0.3, 0.4) is 0 Å². The molecule has 0 radical (unpaired) electrons. The number of amidine groups is 1. The molecule has 1 amide bonds. The maximum atomic E-state index is 12.5. The molecular formula is C27H30ClN7OS. The van der Waals surface area contributed by atoms with Gasteiger partial charge < -0.3 is 9.80 Å². The van der Waals surface area contributed by atoms with Crippen LogP contribution in [0.15, 0.2) is 46.4 Å². The van der Waals surface area contributed by atoms with Crippen LogP contribution in [0.4, 0.5) is 5.69 Å². The molecule has 3 aliphatic heterocycles. The maximum absolute atomic E-state index is 12.5. The van der Waals surface area contributed by atoms with E-state index in [-0.39, 0.29) is 5.91 Å². The molecule has 2 aromatic heterocycles. The Balaban J connectivity index is 1.23. The standard InChI is InChI=1S/C27H30ClN7OS/c1-18(2)32-11-13-33(14-12-32)22-7-5-19(15-21(22)28)23-17-29-25-8-6-20(31-35(23)25)16-24-26(36)30-27(37-24)34-9-3-4-10-34/h5-8,15-18H,3-4,9-14H2,1-2H3/b24-16-. The van der Waals surface area contributed by atoms with Gasteiger partial charge in [0.2, 0.25) is 0 Å². The Hall–Kier alpha value is -2.88. The quantitative estimate of drug-likeness (QED) is 0.450. The summed E-state index contributed by atoms with van der Waals surface area (Å²) in [5.41, 5.74) is 4.29. The monoisotopic (exact) mass is 535 g/mol. The van der Waals surface area contributed by atoms with Gasteiger partial charge in [-0.1, -0.05) is 17.7 Å². The molecular weight excluding hydrogens is 506 g/mol. The van der Waals surface area contributed by atoms with E-state index in [1.165, 1.54) is 11.8 Å². The summed E-state index contributed by atoms with van der Waals surface area (Å²) < 4.78 is 1.81. The molecule has 0 aliphatic carbocycles. The minimum Gasteiger partial charge on any atom is -0.368 e. The molecule has 37 heavy (non-hydrogen) atoms. The van der Waals surface area contributed by atoms with Gasteiger partial charge in [-0.3, -0.25) is 9.69 Å². The minimum absolute atomic E-state index is 0.198. The first-order chi connectivity index (χ1) is 18.0. The predicted octanol–water partition coefficient (Wildman–Crippen LogP) is 4.65. The largest absolute Gasteiger partial charge is 0.368 e.